The number of carbonyl (C=O) groups excluding carboxylic acids is 1. The molecule has 1 fully saturated rings. The average molecular weight is 406 g/mol. The van der Waals surface area contributed by atoms with Crippen LogP contribution < -0.4 is 10.5 Å². The van der Waals surface area contributed by atoms with E-state index in [1.54, 1.807) is 23.2 Å². The molecule has 4 rings (SSSR count). The topological polar surface area (TPSA) is 81.3 Å². The molecule has 0 bridgehead atoms. The lowest BCUT2D eigenvalue weighted by Gasteiger charge is -2.36. The molecule has 7 heteroatoms. The third-order valence-corrected chi connectivity index (χ3v) is 5.24. The number of amides is 1. The van der Waals surface area contributed by atoms with Gasteiger partial charge in [0.25, 0.3) is 5.91 Å². The van der Waals surface area contributed by atoms with Crippen molar-refractivity contribution in [2.45, 2.75) is 25.3 Å². The number of nitrogens with two attached hydrogens (primary N) is 1. The minimum absolute atomic E-state index is 0.0487. The molecule has 154 valence electrons. The van der Waals surface area contributed by atoms with Crippen molar-refractivity contribution in [3.63, 3.8) is 0 Å². The van der Waals surface area contributed by atoms with Crippen LogP contribution in [0.25, 0.3) is 11.1 Å². The van der Waals surface area contributed by atoms with Gasteiger partial charge in [-0.3, -0.25) is 4.79 Å². The van der Waals surface area contributed by atoms with Gasteiger partial charge in [-0.25, -0.2) is 14.4 Å². The lowest BCUT2D eigenvalue weighted by atomic mass is 9.93. The molecule has 2 N–H and O–H groups in total. The van der Waals surface area contributed by atoms with Gasteiger partial charge in [0.2, 0.25) is 5.95 Å². The molecule has 1 amide bonds. The van der Waals surface area contributed by atoms with Crippen LogP contribution in [0.2, 0.25) is 0 Å². The van der Waals surface area contributed by atoms with Gasteiger partial charge in [0.05, 0.1) is 11.7 Å². The number of carbonyl (C=O) groups is 1. The van der Waals surface area contributed by atoms with Gasteiger partial charge in [0, 0.05) is 18.3 Å². The molecule has 1 aliphatic heterocycles. The summed E-state index contributed by atoms with van der Waals surface area (Å²) in [6.07, 6.45) is 4.30. The van der Waals surface area contributed by atoms with Crippen molar-refractivity contribution < 1.29 is 13.9 Å². The van der Waals surface area contributed by atoms with Crippen LogP contribution in [0.1, 0.15) is 31.0 Å². The Morgan fingerprint density at radius 2 is 1.90 bits per heavy atom. The molecule has 0 radical (unpaired) electrons. The summed E-state index contributed by atoms with van der Waals surface area (Å²) in [4.78, 5) is 23.4. The zero-order valence-electron chi connectivity index (χ0n) is 16.5. The van der Waals surface area contributed by atoms with Crippen molar-refractivity contribution in [3.8, 4) is 16.9 Å². The summed E-state index contributed by atoms with van der Waals surface area (Å²) in [5, 5.41) is 0. The Hall–Kier alpha value is -3.48. The van der Waals surface area contributed by atoms with Gasteiger partial charge < -0.3 is 15.4 Å². The number of piperidine rings is 1. The van der Waals surface area contributed by atoms with E-state index in [2.05, 4.69) is 9.97 Å². The number of anilines is 1. The standard InChI is InChI=1S/C23H23FN4O2/c24-17-11-9-16(10-12-17)19-14-26-23(25)27-22(19)20-8-4-5-13-28(20)21(29)15-30-18-6-2-1-3-7-18/h1-3,6-7,9-12,14,20H,4-5,8,13,15H2,(H2,25,26,27)/t20-/m1/s1. The number of para-hydroxylation sites is 1. The van der Waals surface area contributed by atoms with Crippen LogP contribution in [0.4, 0.5) is 10.3 Å². The number of aromatic nitrogens is 2. The van der Waals surface area contributed by atoms with Gasteiger partial charge in [-0.1, -0.05) is 30.3 Å². The molecule has 0 spiro atoms. The van der Waals surface area contributed by atoms with E-state index in [4.69, 9.17) is 10.5 Å². The SMILES string of the molecule is Nc1ncc(-c2ccc(F)cc2)c([C@H]2CCCCN2C(=O)COc2ccccc2)n1. The van der Waals surface area contributed by atoms with E-state index in [1.165, 1.54) is 12.1 Å². The highest BCUT2D eigenvalue weighted by atomic mass is 19.1. The summed E-state index contributed by atoms with van der Waals surface area (Å²) in [6.45, 7) is 0.571. The van der Waals surface area contributed by atoms with Crippen LogP contribution in [0.15, 0.2) is 60.8 Å². The molecule has 1 aromatic heterocycles. The monoisotopic (exact) mass is 406 g/mol. The van der Waals surface area contributed by atoms with Crippen LogP contribution in [0.3, 0.4) is 0 Å². The summed E-state index contributed by atoms with van der Waals surface area (Å²) in [6, 6.07) is 15.2. The van der Waals surface area contributed by atoms with Gasteiger partial charge in [-0.2, -0.15) is 0 Å². The first-order chi connectivity index (χ1) is 14.6. The van der Waals surface area contributed by atoms with Gasteiger partial charge >= 0.3 is 0 Å². The molecule has 0 aliphatic carbocycles. The fraction of sp³-hybridized carbons (Fsp3) is 0.261. The number of halogens is 1. The van der Waals surface area contributed by atoms with Crippen molar-refractivity contribution in [3.05, 3.63) is 72.3 Å². The zero-order valence-corrected chi connectivity index (χ0v) is 16.5. The van der Waals surface area contributed by atoms with E-state index in [-0.39, 0.29) is 30.3 Å². The third-order valence-electron chi connectivity index (χ3n) is 5.24. The summed E-state index contributed by atoms with van der Waals surface area (Å²) in [7, 11) is 0. The average Bonchev–Trinajstić information content (AvgIpc) is 2.79. The van der Waals surface area contributed by atoms with Gasteiger partial charge in [-0.15, -0.1) is 0 Å². The Labute approximate surface area is 174 Å². The number of nitrogen functional groups attached to an aromatic ring is 1. The van der Waals surface area contributed by atoms with Gasteiger partial charge in [-0.05, 0) is 49.1 Å². The van der Waals surface area contributed by atoms with Crippen LogP contribution >= 0.6 is 0 Å². The maximum Gasteiger partial charge on any atom is 0.261 e. The summed E-state index contributed by atoms with van der Waals surface area (Å²) < 4.78 is 19.1. The second kappa shape index (κ2) is 8.90. The Morgan fingerprint density at radius 1 is 1.13 bits per heavy atom. The normalized spacial score (nSPS) is 16.3. The molecule has 1 aliphatic rings. The molecule has 3 aromatic rings. The fourth-order valence-corrected chi connectivity index (χ4v) is 3.77. The number of likely N-dealkylation sites (tertiary alicyclic amines) is 1. The molecule has 2 aromatic carbocycles. The van der Waals surface area contributed by atoms with E-state index >= 15 is 0 Å². The number of ether oxygens (including phenoxy) is 1. The van der Waals surface area contributed by atoms with Crippen LogP contribution in [0.5, 0.6) is 5.75 Å². The minimum atomic E-state index is -0.316. The smallest absolute Gasteiger partial charge is 0.261 e. The number of benzene rings is 2. The molecule has 1 saturated heterocycles. The van der Waals surface area contributed by atoms with Gasteiger partial charge in [0.15, 0.2) is 6.61 Å². The van der Waals surface area contributed by atoms with Crippen molar-refractivity contribution in [1.82, 2.24) is 14.9 Å². The molecular formula is C23H23FN4O2. The molecule has 6 nitrogen and oxygen atoms in total. The maximum atomic E-state index is 13.4. The van der Waals surface area contributed by atoms with Crippen LogP contribution in [0, 0.1) is 5.82 Å². The number of nitrogens with zero attached hydrogens (tertiary/aromatic N) is 3. The first-order valence-electron chi connectivity index (χ1n) is 9.97. The Kier molecular flexibility index (Phi) is 5.88. The van der Waals surface area contributed by atoms with E-state index < -0.39 is 0 Å². The Bertz CT molecular complexity index is 1010. The highest BCUT2D eigenvalue weighted by Crippen LogP contribution is 2.36. The number of hydrogen-bond donors (Lipinski definition) is 1. The predicted octanol–water partition coefficient (Wildman–Crippen LogP) is 4.00. The Morgan fingerprint density at radius 3 is 2.67 bits per heavy atom. The van der Waals surface area contributed by atoms with Crippen molar-refractivity contribution in [1.29, 1.82) is 0 Å². The highest BCUT2D eigenvalue weighted by molar-refractivity contribution is 5.79. The van der Waals surface area contributed by atoms with Crippen LogP contribution in [-0.4, -0.2) is 33.9 Å². The highest BCUT2D eigenvalue weighted by Gasteiger charge is 2.31. The number of rotatable bonds is 5. The Balaban J connectivity index is 1.61. The fourth-order valence-electron chi connectivity index (χ4n) is 3.77. The van der Waals surface area contributed by atoms with Crippen molar-refractivity contribution >= 4 is 11.9 Å². The van der Waals surface area contributed by atoms with Crippen molar-refractivity contribution in [2.24, 2.45) is 0 Å². The summed E-state index contributed by atoms with van der Waals surface area (Å²) in [5.74, 6) is 0.377. The number of hydrogen-bond acceptors (Lipinski definition) is 5. The molecule has 0 unspecified atom stereocenters. The zero-order chi connectivity index (χ0) is 20.9. The molecule has 0 saturated carbocycles. The largest absolute Gasteiger partial charge is 0.484 e. The molecule has 1 atom stereocenters. The second-order valence-electron chi connectivity index (χ2n) is 7.23. The lowest BCUT2D eigenvalue weighted by Crippen LogP contribution is -2.41. The summed E-state index contributed by atoms with van der Waals surface area (Å²) >= 11 is 0. The summed E-state index contributed by atoms with van der Waals surface area (Å²) in [5.41, 5.74) is 8.09. The quantitative estimate of drug-likeness (QED) is 0.693. The van der Waals surface area contributed by atoms with E-state index in [1.807, 2.05) is 30.3 Å². The first kappa shape index (κ1) is 19.8. The van der Waals surface area contributed by atoms with E-state index in [9.17, 15) is 9.18 Å². The van der Waals surface area contributed by atoms with Gasteiger partial charge in [0.1, 0.15) is 11.6 Å². The predicted molar refractivity (Wildman–Crippen MR) is 112 cm³/mol. The maximum absolute atomic E-state index is 13.4. The van der Waals surface area contributed by atoms with Crippen LogP contribution in [-0.2, 0) is 4.79 Å². The second-order valence-corrected chi connectivity index (χ2v) is 7.23. The lowest BCUT2D eigenvalue weighted by molar-refractivity contribution is -0.137. The van der Waals surface area contributed by atoms with E-state index in [0.717, 1.165) is 30.4 Å². The van der Waals surface area contributed by atoms with E-state index in [0.29, 0.717) is 18.0 Å². The molecule has 2 heterocycles. The van der Waals surface area contributed by atoms with Crippen molar-refractivity contribution in [2.75, 3.05) is 18.9 Å². The first-order valence-corrected chi connectivity index (χ1v) is 9.97. The molecule has 30 heavy (non-hydrogen) atoms. The molecular weight excluding hydrogens is 383 g/mol. The minimum Gasteiger partial charge on any atom is -0.484 e. The third kappa shape index (κ3) is 4.40.